The van der Waals surface area contributed by atoms with Crippen LogP contribution in [0.2, 0.25) is 0 Å². The van der Waals surface area contributed by atoms with Gasteiger partial charge in [0.05, 0.1) is 7.11 Å². The second-order valence-corrected chi connectivity index (χ2v) is 5.40. The SMILES string of the molecule is COc1ccc(NC(=O)[C@H](C)OC(=O)CNC(=O)c2ccccc2)cc1. The number of ether oxygens (including phenoxy) is 2. The Morgan fingerprint density at radius 1 is 1.00 bits per heavy atom. The quantitative estimate of drug-likeness (QED) is 0.740. The van der Waals surface area contributed by atoms with Crippen molar-refractivity contribution in [2.45, 2.75) is 13.0 Å². The average molecular weight is 356 g/mol. The second-order valence-electron chi connectivity index (χ2n) is 5.40. The molecule has 0 saturated carbocycles. The second kappa shape index (κ2) is 9.22. The highest BCUT2D eigenvalue weighted by molar-refractivity contribution is 5.97. The topological polar surface area (TPSA) is 93.7 Å². The van der Waals surface area contributed by atoms with Crippen molar-refractivity contribution in [3.63, 3.8) is 0 Å². The van der Waals surface area contributed by atoms with Crippen molar-refractivity contribution >= 4 is 23.5 Å². The molecule has 2 N–H and O–H groups in total. The van der Waals surface area contributed by atoms with E-state index in [2.05, 4.69) is 10.6 Å². The lowest BCUT2D eigenvalue weighted by Crippen LogP contribution is -2.35. The Morgan fingerprint density at radius 3 is 2.27 bits per heavy atom. The van der Waals surface area contributed by atoms with Gasteiger partial charge in [-0.3, -0.25) is 14.4 Å². The van der Waals surface area contributed by atoms with Crippen molar-refractivity contribution in [2.75, 3.05) is 19.0 Å². The summed E-state index contributed by atoms with van der Waals surface area (Å²) < 4.78 is 10.1. The number of anilines is 1. The zero-order chi connectivity index (χ0) is 18.9. The number of hydrogen-bond acceptors (Lipinski definition) is 5. The summed E-state index contributed by atoms with van der Waals surface area (Å²) in [5.41, 5.74) is 0.988. The van der Waals surface area contributed by atoms with Crippen LogP contribution in [0.15, 0.2) is 54.6 Å². The Labute approximate surface area is 151 Å². The lowest BCUT2D eigenvalue weighted by molar-refractivity contribution is -0.152. The summed E-state index contributed by atoms with van der Waals surface area (Å²) in [7, 11) is 1.55. The standard InChI is InChI=1S/C19H20N2O5/c1-13(18(23)21-15-8-10-16(25-2)11-9-15)26-17(22)12-20-19(24)14-6-4-3-5-7-14/h3-11,13H,12H2,1-2H3,(H,20,24)(H,21,23)/t13-/m0/s1. The van der Waals surface area contributed by atoms with E-state index in [1.165, 1.54) is 6.92 Å². The molecule has 2 aromatic carbocycles. The van der Waals surface area contributed by atoms with Gasteiger partial charge in [0.15, 0.2) is 6.10 Å². The number of esters is 1. The van der Waals surface area contributed by atoms with Gasteiger partial charge in [-0.15, -0.1) is 0 Å². The van der Waals surface area contributed by atoms with Crippen molar-refractivity contribution < 1.29 is 23.9 Å². The van der Waals surface area contributed by atoms with Crippen LogP contribution in [0.4, 0.5) is 5.69 Å². The highest BCUT2D eigenvalue weighted by Gasteiger charge is 2.18. The summed E-state index contributed by atoms with van der Waals surface area (Å²) in [6.07, 6.45) is -1.00. The normalized spacial score (nSPS) is 11.2. The number of carbonyl (C=O) groups excluding carboxylic acids is 3. The first kappa shape index (κ1) is 19.0. The molecule has 2 amide bonds. The van der Waals surface area contributed by atoms with E-state index in [4.69, 9.17) is 9.47 Å². The molecule has 0 aliphatic carbocycles. The number of benzene rings is 2. The summed E-state index contributed by atoms with van der Waals surface area (Å²) >= 11 is 0. The van der Waals surface area contributed by atoms with E-state index in [1.807, 2.05) is 0 Å². The van der Waals surface area contributed by atoms with Crippen LogP contribution in [-0.2, 0) is 14.3 Å². The van der Waals surface area contributed by atoms with Crippen LogP contribution in [0, 0.1) is 0 Å². The van der Waals surface area contributed by atoms with E-state index in [0.717, 1.165) is 0 Å². The zero-order valence-corrected chi connectivity index (χ0v) is 14.5. The van der Waals surface area contributed by atoms with Crippen molar-refractivity contribution in [3.8, 4) is 5.75 Å². The molecule has 7 nitrogen and oxygen atoms in total. The van der Waals surface area contributed by atoms with Crippen molar-refractivity contribution in [1.82, 2.24) is 5.32 Å². The van der Waals surface area contributed by atoms with Gasteiger partial charge in [-0.1, -0.05) is 18.2 Å². The molecule has 0 aromatic heterocycles. The Hall–Kier alpha value is -3.35. The van der Waals surface area contributed by atoms with Crippen LogP contribution in [0.3, 0.4) is 0 Å². The maximum Gasteiger partial charge on any atom is 0.326 e. The zero-order valence-electron chi connectivity index (χ0n) is 14.5. The molecule has 0 aliphatic rings. The predicted octanol–water partition coefficient (Wildman–Crippen LogP) is 2.00. The average Bonchev–Trinajstić information content (AvgIpc) is 2.67. The van der Waals surface area contributed by atoms with E-state index < -0.39 is 23.9 Å². The maximum atomic E-state index is 12.1. The molecule has 136 valence electrons. The van der Waals surface area contributed by atoms with Gasteiger partial charge < -0.3 is 20.1 Å². The molecule has 0 bridgehead atoms. The van der Waals surface area contributed by atoms with Gasteiger partial charge in [-0.25, -0.2) is 0 Å². The first-order valence-electron chi connectivity index (χ1n) is 7.97. The summed E-state index contributed by atoms with van der Waals surface area (Å²) in [5, 5.41) is 5.08. The van der Waals surface area contributed by atoms with Crippen LogP contribution in [0.5, 0.6) is 5.75 Å². The van der Waals surface area contributed by atoms with Crippen LogP contribution < -0.4 is 15.4 Å². The van der Waals surface area contributed by atoms with Gasteiger partial charge in [-0.2, -0.15) is 0 Å². The molecule has 0 unspecified atom stereocenters. The Balaban J connectivity index is 1.78. The van der Waals surface area contributed by atoms with Crippen LogP contribution in [0.25, 0.3) is 0 Å². The maximum absolute atomic E-state index is 12.1. The van der Waals surface area contributed by atoms with Crippen molar-refractivity contribution in [1.29, 1.82) is 0 Å². The molecule has 2 rings (SSSR count). The Bertz CT molecular complexity index is 759. The van der Waals surface area contributed by atoms with E-state index in [-0.39, 0.29) is 6.54 Å². The molecule has 0 spiro atoms. The molecule has 0 radical (unpaired) electrons. The van der Waals surface area contributed by atoms with E-state index >= 15 is 0 Å². The summed E-state index contributed by atoms with van der Waals surface area (Å²) in [5.74, 6) is -0.904. The number of nitrogens with one attached hydrogen (secondary N) is 2. The largest absolute Gasteiger partial charge is 0.497 e. The van der Waals surface area contributed by atoms with Crippen LogP contribution in [-0.4, -0.2) is 37.5 Å². The number of carbonyl (C=O) groups is 3. The molecule has 0 heterocycles. The Kier molecular flexibility index (Phi) is 6.73. The van der Waals surface area contributed by atoms with Crippen LogP contribution in [0.1, 0.15) is 17.3 Å². The van der Waals surface area contributed by atoms with Gasteiger partial charge in [0.2, 0.25) is 0 Å². The molecule has 2 aromatic rings. The molecule has 0 saturated heterocycles. The van der Waals surface area contributed by atoms with Gasteiger partial charge in [-0.05, 0) is 43.3 Å². The number of amides is 2. The molecular weight excluding hydrogens is 336 g/mol. The lowest BCUT2D eigenvalue weighted by Gasteiger charge is -2.14. The predicted molar refractivity (Wildman–Crippen MR) is 96.0 cm³/mol. The number of methoxy groups -OCH3 is 1. The van der Waals surface area contributed by atoms with Gasteiger partial charge >= 0.3 is 5.97 Å². The summed E-state index contributed by atoms with van der Waals surface area (Å²) in [6, 6.07) is 15.2. The monoisotopic (exact) mass is 356 g/mol. The fourth-order valence-corrected chi connectivity index (χ4v) is 2.05. The fourth-order valence-electron chi connectivity index (χ4n) is 2.05. The van der Waals surface area contributed by atoms with E-state index in [9.17, 15) is 14.4 Å². The lowest BCUT2D eigenvalue weighted by atomic mass is 10.2. The van der Waals surface area contributed by atoms with E-state index in [1.54, 1.807) is 61.7 Å². The summed E-state index contributed by atoms with van der Waals surface area (Å²) in [4.78, 5) is 35.7. The molecule has 7 heteroatoms. The minimum Gasteiger partial charge on any atom is -0.497 e. The number of rotatable bonds is 7. The minimum absolute atomic E-state index is 0.326. The van der Waals surface area contributed by atoms with Crippen LogP contribution >= 0.6 is 0 Å². The molecule has 0 aliphatic heterocycles. The third-order valence-electron chi connectivity index (χ3n) is 3.46. The van der Waals surface area contributed by atoms with Gasteiger partial charge in [0, 0.05) is 11.3 Å². The molecule has 0 fully saturated rings. The third-order valence-corrected chi connectivity index (χ3v) is 3.46. The fraction of sp³-hybridized carbons (Fsp3) is 0.211. The smallest absolute Gasteiger partial charge is 0.326 e. The molecule has 26 heavy (non-hydrogen) atoms. The number of hydrogen-bond donors (Lipinski definition) is 2. The Morgan fingerprint density at radius 2 is 1.65 bits per heavy atom. The highest BCUT2D eigenvalue weighted by atomic mass is 16.5. The molecule has 1 atom stereocenters. The van der Waals surface area contributed by atoms with Crippen molar-refractivity contribution in [3.05, 3.63) is 60.2 Å². The summed E-state index contributed by atoms with van der Waals surface area (Å²) in [6.45, 7) is 1.13. The van der Waals surface area contributed by atoms with Gasteiger partial charge in [0.1, 0.15) is 12.3 Å². The molecular formula is C19H20N2O5. The van der Waals surface area contributed by atoms with Gasteiger partial charge in [0.25, 0.3) is 11.8 Å². The first-order valence-corrected chi connectivity index (χ1v) is 7.97. The van der Waals surface area contributed by atoms with E-state index in [0.29, 0.717) is 17.0 Å². The third kappa shape index (κ3) is 5.62. The highest BCUT2D eigenvalue weighted by Crippen LogP contribution is 2.15. The van der Waals surface area contributed by atoms with Crippen molar-refractivity contribution in [2.24, 2.45) is 0 Å². The first-order chi connectivity index (χ1) is 12.5. The minimum atomic E-state index is -1.00.